The lowest BCUT2D eigenvalue weighted by Crippen LogP contribution is -2.24. The summed E-state index contributed by atoms with van der Waals surface area (Å²) in [5.74, 6) is 0. The fraction of sp³-hybridized carbons (Fsp3) is 0.350. The standard InChI is InChI=1S/C20H21ClN2O/c1-20(24,14-5-4-8-22-12-14)11-13-9-15(21)10-17-16-6-2-3-7-18(16)23-19(13)17/h4-5,8-10,12,23-24H,2-3,6-7,11H2,1H3. The first-order valence-electron chi connectivity index (χ1n) is 8.49. The van der Waals surface area contributed by atoms with Crippen molar-refractivity contribution in [2.24, 2.45) is 0 Å². The van der Waals surface area contributed by atoms with Crippen LogP contribution in [-0.4, -0.2) is 15.1 Å². The molecular weight excluding hydrogens is 320 g/mol. The van der Waals surface area contributed by atoms with Gasteiger partial charge in [0.2, 0.25) is 0 Å². The van der Waals surface area contributed by atoms with Gasteiger partial charge in [0.05, 0.1) is 5.60 Å². The van der Waals surface area contributed by atoms with Crippen molar-refractivity contribution < 1.29 is 5.11 Å². The highest BCUT2D eigenvalue weighted by molar-refractivity contribution is 6.31. The van der Waals surface area contributed by atoms with Gasteiger partial charge in [-0.05, 0) is 61.9 Å². The minimum atomic E-state index is -0.989. The van der Waals surface area contributed by atoms with Crippen LogP contribution in [0.2, 0.25) is 5.02 Å². The second-order valence-electron chi connectivity index (χ2n) is 6.97. The molecule has 1 aliphatic rings. The molecule has 1 aliphatic carbocycles. The van der Waals surface area contributed by atoms with Crippen molar-refractivity contribution in [3.63, 3.8) is 0 Å². The third kappa shape index (κ3) is 2.72. The maximum atomic E-state index is 11.0. The average molecular weight is 341 g/mol. The van der Waals surface area contributed by atoms with E-state index in [1.807, 2.05) is 25.1 Å². The zero-order valence-electron chi connectivity index (χ0n) is 13.8. The van der Waals surface area contributed by atoms with Crippen molar-refractivity contribution in [1.82, 2.24) is 9.97 Å². The maximum Gasteiger partial charge on any atom is 0.0924 e. The number of aryl methyl sites for hydroxylation is 2. The van der Waals surface area contributed by atoms with Gasteiger partial charge in [-0.3, -0.25) is 4.98 Å². The van der Waals surface area contributed by atoms with Gasteiger partial charge >= 0.3 is 0 Å². The van der Waals surface area contributed by atoms with E-state index in [0.717, 1.165) is 34.5 Å². The fourth-order valence-electron chi connectivity index (χ4n) is 3.83. The molecule has 0 spiro atoms. The number of H-pyrrole nitrogens is 1. The van der Waals surface area contributed by atoms with Gasteiger partial charge in [-0.1, -0.05) is 17.7 Å². The van der Waals surface area contributed by atoms with Crippen LogP contribution in [0.25, 0.3) is 10.9 Å². The summed E-state index contributed by atoms with van der Waals surface area (Å²) in [6.45, 7) is 1.83. The number of pyridine rings is 1. The van der Waals surface area contributed by atoms with Crippen molar-refractivity contribution in [1.29, 1.82) is 0 Å². The van der Waals surface area contributed by atoms with E-state index in [2.05, 4.69) is 16.0 Å². The molecule has 124 valence electrons. The van der Waals surface area contributed by atoms with E-state index >= 15 is 0 Å². The predicted molar refractivity (Wildman–Crippen MR) is 97.5 cm³/mol. The molecule has 1 unspecified atom stereocenters. The molecule has 24 heavy (non-hydrogen) atoms. The molecule has 0 amide bonds. The van der Waals surface area contributed by atoms with E-state index in [-0.39, 0.29) is 0 Å². The lowest BCUT2D eigenvalue weighted by molar-refractivity contribution is 0.0576. The number of fused-ring (bicyclic) bond motifs is 3. The monoisotopic (exact) mass is 340 g/mol. The third-order valence-corrected chi connectivity index (χ3v) is 5.29. The molecule has 0 saturated heterocycles. The van der Waals surface area contributed by atoms with E-state index in [1.165, 1.54) is 29.5 Å². The van der Waals surface area contributed by atoms with E-state index in [4.69, 9.17) is 11.6 Å². The summed E-state index contributed by atoms with van der Waals surface area (Å²) in [5, 5.41) is 12.9. The number of nitrogens with zero attached hydrogens (tertiary/aromatic N) is 1. The van der Waals surface area contributed by atoms with Gasteiger partial charge in [0.1, 0.15) is 0 Å². The van der Waals surface area contributed by atoms with Crippen molar-refractivity contribution in [3.05, 3.63) is 64.1 Å². The van der Waals surface area contributed by atoms with E-state index in [9.17, 15) is 5.11 Å². The van der Waals surface area contributed by atoms with Gasteiger partial charge in [0.15, 0.2) is 0 Å². The van der Waals surface area contributed by atoms with Crippen LogP contribution in [0.5, 0.6) is 0 Å². The van der Waals surface area contributed by atoms with Crippen LogP contribution in [-0.2, 0) is 24.9 Å². The van der Waals surface area contributed by atoms with Gasteiger partial charge in [-0.15, -0.1) is 0 Å². The van der Waals surface area contributed by atoms with Crippen LogP contribution in [0.3, 0.4) is 0 Å². The number of aromatic nitrogens is 2. The number of nitrogens with one attached hydrogen (secondary N) is 1. The van der Waals surface area contributed by atoms with Gasteiger partial charge in [0.25, 0.3) is 0 Å². The molecule has 0 aliphatic heterocycles. The van der Waals surface area contributed by atoms with Crippen molar-refractivity contribution in [2.45, 2.75) is 44.6 Å². The quantitative estimate of drug-likeness (QED) is 0.735. The zero-order chi connectivity index (χ0) is 16.7. The van der Waals surface area contributed by atoms with Crippen molar-refractivity contribution >= 4 is 22.5 Å². The third-order valence-electron chi connectivity index (χ3n) is 5.07. The number of halogens is 1. The molecule has 1 aromatic carbocycles. The number of aliphatic hydroxyl groups is 1. The highest BCUT2D eigenvalue weighted by atomic mass is 35.5. The second kappa shape index (κ2) is 5.91. The molecule has 2 heterocycles. The first-order chi connectivity index (χ1) is 11.5. The average Bonchev–Trinajstić information content (AvgIpc) is 2.94. The predicted octanol–water partition coefficient (Wildman–Crippen LogP) is 4.55. The summed E-state index contributed by atoms with van der Waals surface area (Å²) >= 11 is 6.39. The van der Waals surface area contributed by atoms with Crippen LogP contribution in [0.1, 0.15) is 42.1 Å². The van der Waals surface area contributed by atoms with Gasteiger partial charge in [0, 0.05) is 46.0 Å². The topological polar surface area (TPSA) is 48.9 Å². The Morgan fingerprint density at radius 2 is 2.12 bits per heavy atom. The van der Waals surface area contributed by atoms with Gasteiger partial charge in [-0.25, -0.2) is 0 Å². The fourth-order valence-corrected chi connectivity index (χ4v) is 4.07. The Kier molecular flexibility index (Phi) is 3.86. The Morgan fingerprint density at radius 1 is 1.29 bits per heavy atom. The number of hydrogen-bond donors (Lipinski definition) is 2. The molecule has 0 fully saturated rings. The first-order valence-corrected chi connectivity index (χ1v) is 8.87. The molecule has 4 heteroatoms. The largest absolute Gasteiger partial charge is 0.385 e. The minimum Gasteiger partial charge on any atom is -0.385 e. The summed E-state index contributed by atoms with van der Waals surface area (Å²) in [7, 11) is 0. The van der Waals surface area contributed by atoms with Crippen LogP contribution in [0.15, 0.2) is 36.7 Å². The maximum absolute atomic E-state index is 11.0. The van der Waals surface area contributed by atoms with E-state index in [0.29, 0.717) is 6.42 Å². The number of aromatic amines is 1. The molecule has 4 rings (SSSR count). The summed E-state index contributed by atoms with van der Waals surface area (Å²) < 4.78 is 0. The SMILES string of the molecule is CC(O)(Cc1cc(Cl)cc2c3c([nH]c12)CCCC3)c1cccnc1. The Bertz CT molecular complexity index is 884. The molecule has 3 nitrogen and oxygen atoms in total. The Balaban J connectivity index is 1.80. The second-order valence-corrected chi connectivity index (χ2v) is 7.41. The lowest BCUT2D eigenvalue weighted by Gasteiger charge is -2.24. The number of rotatable bonds is 3. The molecule has 0 bridgehead atoms. The van der Waals surface area contributed by atoms with Crippen molar-refractivity contribution in [3.8, 4) is 0 Å². The van der Waals surface area contributed by atoms with Crippen LogP contribution >= 0.6 is 11.6 Å². The normalized spacial score (nSPS) is 16.8. The van der Waals surface area contributed by atoms with Crippen LogP contribution < -0.4 is 0 Å². The van der Waals surface area contributed by atoms with Gasteiger partial charge in [-0.2, -0.15) is 0 Å². The molecule has 0 saturated carbocycles. The van der Waals surface area contributed by atoms with Crippen LogP contribution in [0.4, 0.5) is 0 Å². The minimum absolute atomic E-state index is 0.495. The molecule has 2 N–H and O–H groups in total. The van der Waals surface area contributed by atoms with Crippen LogP contribution in [0, 0.1) is 0 Å². The van der Waals surface area contributed by atoms with E-state index < -0.39 is 5.60 Å². The smallest absolute Gasteiger partial charge is 0.0924 e. The summed E-state index contributed by atoms with van der Waals surface area (Å²) in [6, 6.07) is 7.79. The van der Waals surface area contributed by atoms with Crippen molar-refractivity contribution in [2.75, 3.05) is 0 Å². The lowest BCUT2D eigenvalue weighted by atomic mass is 9.89. The summed E-state index contributed by atoms with van der Waals surface area (Å²) in [6.07, 6.45) is 8.60. The Hall–Kier alpha value is -1.84. The molecular formula is C20H21ClN2O. The molecule has 2 aromatic heterocycles. The van der Waals surface area contributed by atoms with E-state index in [1.54, 1.807) is 12.4 Å². The number of hydrogen-bond acceptors (Lipinski definition) is 2. The Labute approximate surface area is 146 Å². The molecule has 1 atom stereocenters. The summed E-state index contributed by atoms with van der Waals surface area (Å²) in [4.78, 5) is 7.73. The highest BCUT2D eigenvalue weighted by Crippen LogP contribution is 2.35. The first kappa shape index (κ1) is 15.7. The molecule has 3 aromatic rings. The molecule has 0 radical (unpaired) electrons. The highest BCUT2D eigenvalue weighted by Gasteiger charge is 2.26. The number of benzene rings is 1. The zero-order valence-corrected chi connectivity index (χ0v) is 14.5. The van der Waals surface area contributed by atoms with Gasteiger partial charge < -0.3 is 10.1 Å². The Morgan fingerprint density at radius 3 is 2.92 bits per heavy atom. The summed E-state index contributed by atoms with van der Waals surface area (Å²) in [5.41, 5.74) is 4.74.